The van der Waals surface area contributed by atoms with Crippen molar-refractivity contribution >= 4 is 45.8 Å². The van der Waals surface area contributed by atoms with Gasteiger partial charge >= 0.3 is 20.4 Å². The molecule has 0 aliphatic heterocycles. The fraction of sp³-hybridized carbons (Fsp3) is 1.00. The van der Waals surface area contributed by atoms with Gasteiger partial charge in [-0.1, -0.05) is 11.6 Å². The molecule has 0 amide bonds. The van der Waals surface area contributed by atoms with Crippen LogP contribution < -0.4 is 0 Å². The van der Waals surface area contributed by atoms with Crippen LogP contribution in [0.25, 0.3) is 0 Å². The SMILES string of the molecule is FC(F)(I)C(F)(F)[C@](F)(Cl)C(F)(F)Cl. The van der Waals surface area contributed by atoms with E-state index in [1.165, 1.54) is 0 Å². The van der Waals surface area contributed by atoms with Crippen LogP contribution in [0.2, 0.25) is 0 Å². The minimum absolute atomic E-state index is 0.215. The van der Waals surface area contributed by atoms with Crippen molar-refractivity contribution in [1.82, 2.24) is 0 Å². The molecule has 10 heteroatoms. The zero-order valence-corrected chi connectivity index (χ0v) is 9.45. The second-order valence-electron chi connectivity index (χ2n) is 2.14. The molecule has 1 atom stereocenters. The van der Waals surface area contributed by atoms with Crippen LogP contribution in [-0.4, -0.2) is 20.4 Å². The predicted molar refractivity (Wildman–Crippen MR) is 44.4 cm³/mol. The summed E-state index contributed by atoms with van der Waals surface area (Å²) in [5, 5.41) is -10.7. The number of rotatable bonds is 3. The first-order chi connectivity index (χ1) is 5.75. The second-order valence-corrected chi connectivity index (χ2v) is 4.49. The van der Waals surface area contributed by atoms with E-state index in [0.717, 1.165) is 0 Å². The van der Waals surface area contributed by atoms with Crippen LogP contribution in [0.3, 0.4) is 0 Å². The number of alkyl halides is 10. The predicted octanol–water partition coefficient (Wildman–Crippen LogP) is 4.39. The molecule has 0 spiro atoms. The van der Waals surface area contributed by atoms with Crippen molar-refractivity contribution in [2.75, 3.05) is 0 Å². The fourth-order valence-electron chi connectivity index (χ4n) is 0.356. The van der Waals surface area contributed by atoms with Crippen LogP contribution >= 0.6 is 45.8 Å². The highest BCUT2D eigenvalue weighted by molar-refractivity contribution is 14.1. The summed E-state index contributed by atoms with van der Waals surface area (Å²) in [6.07, 6.45) is 0. The Hall–Kier alpha value is 0.820. The van der Waals surface area contributed by atoms with Gasteiger partial charge in [-0.2, -0.15) is 26.3 Å². The van der Waals surface area contributed by atoms with Crippen LogP contribution in [0.1, 0.15) is 0 Å². The maximum Gasteiger partial charge on any atom is 0.375 e. The molecule has 14 heavy (non-hydrogen) atoms. The van der Waals surface area contributed by atoms with Gasteiger partial charge in [-0.15, -0.1) is 0 Å². The van der Waals surface area contributed by atoms with E-state index < -0.39 is 20.4 Å². The molecule has 0 fully saturated rings. The molecule has 0 aliphatic rings. The summed E-state index contributed by atoms with van der Waals surface area (Å²) in [5.74, 6) is -5.81. The Kier molecular flexibility index (Phi) is 3.90. The van der Waals surface area contributed by atoms with Gasteiger partial charge in [0.25, 0.3) is 0 Å². The first-order valence-electron chi connectivity index (χ1n) is 2.64. The van der Waals surface area contributed by atoms with Gasteiger partial charge in [-0.05, 0) is 11.6 Å². The molecule has 0 aromatic carbocycles. The third kappa shape index (κ3) is 2.31. The summed E-state index contributed by atoms with van der Waals surface area (Å²) in [6, 6.07) is 0. The largest absolute Gasteiger partial charge is 0.375 e. The normalized spacial score (nSPS) is 19.3. The molecule has 86 valence electrons. The smallest absolute Gasteiger partial charge is 0.211 e. The van der Waals surface area contributed by atoms with Gasteiger partial charge in [0.2, 0.25) is 0 Å². The number of hydrogen-bond donors (Lipinski definition) is 0. The van der Waals surface area contributed by atoms with E-state index in [1.807, 2.05) is 0 Å². The van der Waals surface area contributed by atoms with Gasteiger partial charge in [-0.25, -0.2) is 4.39 Å². The van der Waals surface area contributed by atoms with Crippen molar-refractivity contribution in [3.63, 3.8) is 0 Å². The molecular formula is C4Cl2F7I. The Balaban J connectivity index is 5.30. The molecule has 0 rings (SSSR count). The molecule has 0 nitrogen and oxygen atoms in total. The lowest BCUT2D eigenvalue weighted by Gasteiger charge is -2.33. The maximum atomic E-state index is 12.5. The standard InChI is InChI=1S/C4Cl2F7I/c5-1(7,3(6,10)11)2(8,9)4(12,13)14/t1-/m1/s1. The molecular weight excluding hydrogens is 379 g/mol. The Labute approximate surface area is 96.9 Å². The summed E-state index contributed by atoms with van der Waals surface area (Å²) in [6.45, 7) is 0. The van der Waals surface area contributed by atoms with Crippen LogP contribution in [0.5, 0.6) is 0 Å². The minimum Gasteiger partial charge on any atom is -0.211 e. The molecule has 0 unspecified atom stereocenters. The van der Waals surface area contributed by atoms with E-state index in [9.17, 15) is 30.7 Å². The topological polar surface area (TPSA) is 0 Å². The van der Waals surface area contributed by atoms with Crippen molar-refractivity contribution in [2.24, 2.45) is 0 Å². The van der Waals surface area contributed by atoms with Gasteiger partial charge in [-0.3, -0.25) is 0 Å². The first-order valence-corrected chi connectivity index (χ1v) is 4.47. The molecule has 0 saturated heterocycles. The zero-order chi connectivity index (χ0) is 12.0. The summed E-state index contributed by atoms with van der Waals surface area (Å²) in [5.41, 5.74) is 0. The van der Waals surface area contributed by atoms with Gasteiger partial charge in [0.05, 0.1) is 0 Å². The summed E-state index contributed by atoms with van der Waals surface area (Å²) < 4.78 is 80.2. The van der Waals surface area contributed by atoms with Gasteiger partial charge in [0.1, 0.15) is 0 Å². The van der Waals surface area contributed by atoms with Crippen molar-refractivity contribution in [3.8, 4) is 0 Å². The molecule has 0 saturated carbocycles. The Morgan fingerprint density at radius 1 is 0.786 bits per heavy atom. The van der Waals surface area contributed by atoms with Crippen LogP contribution in [0.4, 0.5) is 30.7 Å². The molecule has 0 heterocycles. The maximum absolute atomic E-state index is 12.5. The Bertz CT molecular complexity index is 193. The van der Waals surface area contributed by atoms with Gasteiger partial charge in [0, 0.05) is 22.6 Å². The van der Waals surface area contributed by atoms with E-state index in [2.05, 4.69) is 23.2 Å². The Morgan fingerprint density at radius 2 is 1.07 bits per heavy atom. The zero-order valence-electron chi connectivity index (χ0n) is 5.78. The average molecular weight is 379 g/mol. The molecule has 0 radical (unpaired) electrons. The van der Waals surface area contributed by atoms with Gasteiger partial charge < -0.3 is 0 Å². The second kappa shape index (κ2) is 3.69. The van der Waals surface area contributed by atoms with Crippen LogP contribution in [0, 0.1) is 0 Å². The number of hydrogen-bond acceptors (Lipinski definition) is 0. The lowest BCUT2D eigenvalue weighted by atomic mass is 10.2. The summed E-state index contributed by atoms with van der Waals surface area (Å²) in [4.78, 5) is 0. The number of halogens is 10. The summed E-state index contributed by atoms with van der Waals surface area (Å²) >= 11 is 7.65. The summed E-state index contributed by atoms with van der Waals surface area (Å²) in [7, 11) is 0. The van der Waals surface area contributed by atoms with E-state index in [-0.39, 0.29) is 22.6 Å². The van der Waals surface area contributed by atoms with Crippen molar-refractivity contribution in [3.05, 3.63) is 0 Å². The minimum atomic E-state index is -5.81. The first kappa shape index (κ1) is 14.8. The van der Waals surface area contributed by atoms with E-state index >= 15 is 0 Å². The van der Waals surface area contributed by atoms with E-state index in [0.29, 0.717) is 0 Å². The Morgan fingerprint density at radius 3 is 1.14 bits per heavy atom. The molecule has 0 bridgehead atoms. The quantitative estimate of drug-likeness (QED) is 0.388. The fourth-order valence-corrected chi connectivity index (χ4v) is 1.12. The highest BCUT2D eigenvalue weighted by Crippen LogP contribution is 2.57. The van der Waals surface area contributed by atoms with Gasteiger partial charge in [0.15, 0.2) is 0 Å². The monoisotopic (exact) mass is 378 g/mol. The van der Waals surface area contributed by atoms with Crippen molar-refractivity contribution < 1.29 is 30.7 Å². The van der Waals surface area contributed by atoms with Crippen molar-refractivity contribution in [1.29, 1.82) is 0 Å². The third-order valence-corrected chi connectivity index (χ3v) is 2.62. The highest BCUT2D eigenvalue weighted by atomic mass is 127. The lowest BCUT2D eigenvalue weighted by molar-refractivity contribution is -0.235. The van der Waals surface area contributed by atoms with Crippen molar-refractivity contribution in [2.45, 2.75) is 20.4 Å². The van der Waals surface area contributed by atoms with E-state index in [1.54, 1.807) is 0 Å². The molecule has 0 aromatic heterocycles. The average Bonchev–Trinajstić information content (AvgIpc) is 1.81. The van der Waals surface area contributed by atoms with E-state index in [4.69, 9.17) is 0 Å². The van der Waals surface area contributed by atoms with Crippen LogP contribution in [0.15, 0.2) is 0 Å². The molecule has 0 N–H and O–H groups in total. The van der Waals surface area contributed by atoms with Crippen LogP contribution in [-0.2, 0) is 0 Å². The molecule has 0 aliphatic carbocycles. The third-order valence-electron chi connectivity index (χ3n) is 1.11. The highest BCUT2D eigenvalue weighted by Gasteiger charge is 2.77. The molecule has 0 aromatic rings. The lowest BCUT2D eigenvalue weighted by Crippen LogP contribution is -2.57.